The lowest BCUT2D eigenvalue weighted by Gasteiger charge is -1.94. The van der Waals surface area contributed by atoms with Gasteiger partial charge in [0.15, 0.2) is 5.76 Å². The van der Waals surface area contributed by atoms with Crippen LogP contribution in [0.4, 0.5) is 0 Å². The van der Waals surface area contributed by atoms with Crippen molar-refractivity contribution in [3.05, 3.63) is 34.7 Å². The van der Waals surface area contributed by atoms with Crippen molar-refractivity contribution in [1.82, 2.24) is 10.4 Å². The van der Waals surface area contributed by atoms with Gasteiger partial charge in [0.2, 0.25) is 0 Å². The van der Waals surface area contributed by atoms with Gasteiger partial charge >= 0.3 is 5.91 Å². The maximum absolute atomic E-state index is 11.3. The van der Waals surface area contributed by atoms with Crippen LogP contribution in [-0.4, -0.2) is 10.9 Å². The number of hydrazine groups is 1. The van der Waals surface area contributed by atoms with Crippen molar-refractivity contribution in [3.63, 3.8) is 0 Å². The van der Waals surface area contributed by atoms with E-state index >= 15 is 0 Å². The van der Waals surface area contributed by atoms with Gasteiger partial charge in [0, 0.05) is 22.9 Å². The molecule has 7 heteroatoms. The lowest BCUT2D eigenvalue weighted by atomic mass is 10.3. The van der Waals surface area contributed by atoms with Crippen LogP contribution in [0.3, 0.4) is 0 Å². The van der Waals surface area contributed by atoms with Crippen LogP contribution in [-0.2, 0) is 5.75 Å². The van der Waals surface area contributed by atoms with Crippen LogP contribution >= 0.6 is 23.1 Å². The van der Waals surface area contributed by atoms with Gasteiger partial charge in [0.1, 0.15) is 10.1 Å². The minimum atomic E-state index is -0.418. The lowest BCUT2D eigenvalue weighted by Crippen LogP contribution is -2.29. The molecule has 90 valence electrons. The highest BCUT2D eigenvalue weighted by atomic mass is 32.2. The fourth-order valence-corrected chi connectivity index (χ4v) is 2.94. The molecule has 0 atom stereocenters. The van der Waals surface area contributed by atoms with Crippen molar-refractivity contribution in [3.8, 4) is 0 Å². The standard InChI is InChI=1S/C10H11N3O2S2/c1-6-7(4-8(15-6)9(14)13-11)5-17-10-12-2-3-16-10/h2-4H,5,11H2,1H3,(H,13,14). The number of nitrogens with one attached hydrogen (secondary N) is 1. The molecule has 0 spiro atoms. The van der Waals surface area contributed by atoms with Crippen LogP contribution in [0, 0.1) is 6.92 Å². The summed E-state index contributed by atoms with van der Waals surface area (Å²) in [6.07, 6.45) is 1.77. The number of aryl methyl sites for hydroxylation is 1. The SMILES string of the molecule is Cc1oc(C(=O)NN)cc1CSc1nccs1. The molecular weight excluding hydrogens is 258 g/mol. The maximum Gasteiger partial charge on any atom is 0.300 e. The Balaban J connectivity index is 2.06. The summed E-state index contributed by atoms with van der Waals surface area (Å²) >= 11 is 3.20. The summed E-state index contributed by atoms with van der Waals surface area (Å²) in [7, 11) is 0. The number of thiazole rings is 1. The van der Waals surface area contributed by atoms with Gasteiger partial charge in [-0.05, 0) is 13.0 Å². The largest absolute Gasteiger partial charge is 0.456 e. The molecule has 0 aliphatic rings. The number of rotatable bonds is 4. The molecule has 0 unspecified atom stereocenters. The minimum absolute atomic E-state index is 0.236. The first-order valence-electron chi connectivity index (χ1n) is 4.83. The molecule has 0 bridgehead atoms. The van der Waals surface area contributed by atoms with E-state index in [2.05, 4.69) is 4.98 Å². The van der Waals surface area contributed by atoms with Crippen molar-refractivity contribution in [2.45, 2.75) is 17.0 Å². The number of hydrogen-bond donors (Lipinski definition) is 2. The third-order valence-corrected chi connectivity index (χ3v) is 4.15. The highest BCUT2D eigenvalue weighted by molar-refractivity contribution is 8.00. The second-order valence-electron chi connectivity index (χ2n) is 3.25. The molecule has 17 heavy (non-hydrogen) atoms. The average molecular weight is 269 g/mol. The lowest BCUT2D eigenvalue weighted by molar-refractivity contribution is 0.0924. The number of carbonyl (C=O) groups is 1. The summed E-state index contributed by atoms with van der Waals surface area (Å²) in [4.78, 5) is 15.4. The molecule has 2 aromatic rings. The molecule has 1 amide bonds. The van der Waals surface area contributed by atoms with E-state index in [1.165, 1.54) is 0 Å². The smallest absolute Gasteiger partial charge is 0.300 e. The molecule has 2 aromatic heterocycles. The number of nitrogens with zero attached hydrogens (tertiary/aromatic N) is 1. The predicted molar refractivity (Wildman–Crippen MR) is 66.8 cm³/mol. The predicted octanol–water partition coefficient (Wildman–Crippen LogP) is 1.94. The number of carbonyl (C=O) groups excluding carboxylic acids is 1. The molecule has 0 fully saturated rings. The van der Waals surface area contributed by atoms with Gasteiger partial charge in [0.05, 0.1) is 0 Å². The normalized spacial score (nSPS) is 10.5. The van der Waals surface area contributed by atoms with E-state index in [1.807, 2.05) is 17.7 Å². The van der Waals surface area contributed by atoms with E-state index in [-0.39, 0.29) is 5.76 Å². The zero-order valence-corrected chi connectivity index (χ0v) is 10.7. The Morgan fingerprint density at radius 2 is 2.53 bits per heavy atom. The number of nitrogens with two attached hydrogens (primary N) is 1. The Morgan fingerprint density at radius 1 is 1.71 bits per heavy atom. The van der Waals surface area contributed by atoms with Gasteiger partial charge in [-0.1, -0.05) is 11.8 Å². The van der Waals surface area contributed by atoms with E-state index in [0.717, 1.165) is 21.4 Å². The number of amides is 1. The first-order valence-corrected chi connectivity index (χ1v) is 6.69. The zero-order valence-electron chi connectivity index (χ0n) is 9.10. The van der Waals surface area contributed by atoms with E-state index in [4.69, 9.17) is 10.3 Å². The molecule has 3 N–H and O–H groups in total. The van der Waals surface area contributed by atoms with Crippen molar-refractivity contribution >= 4 is 29.0 Å². The number of furan rings is 1. The average Bonchev–Trinajstić information content (AvgIpc) is 2.95. The third-order valence-electron chi connectivity index (χ3n) is 2.14. The summed E-state index contributed by atoms with van der Waals surface area (Å²) in [5.41, 5.74) is 3.02. The van der Waals surface area contributed by atoms with Crippen molar-refractivity contribution in [2.24, 2.45) is 5.84 Å². The second-order valence-corrected chi connectivity index (χ2v) is 5.37. The fraction of sp³-hybridized carbons (Fsp3) is 0.200. The third kappa shape index (κ3) is 2.87. The summed E-state index contributed by atoms with van der Waals surface area (Å²) in [5, 5.41) is 1.93. The van der Waals surface area contributed by atoms with Crippen molar-refractivity contribution in [1.29, 1.82) is 0 Å². The fourth-order valence-electron chi connectivity index (χ4n) is 1.27. The van der Waals surface area contributed by atoms with Crippen LogP contribution in [0.25, 0.3) is 0 Å². The highest BCUT2D eigenvalue weighted by Crippen LogP contribution is 2.27. The Kier molecular flexibility index (Phi) is 3.82. The zero-order chi connectivity index (χ0) is 12.3. The Morgan fingerprint density at radius 3 is 3.18 bits per heavy atom. The summed E-state index contributed by atoms with van der Waals surface area (Å²) in [5.74, 6) is 6.31. The van der Waals surface area contributed by atoms with Gasteiger partial charge in [-0.15, -0.1) is 11.3 Å². The topological polar surface area (TPSA) is 81.2 Å². The molecule has 2 heterocycles. The van der Waals surface area contributed by atoms with Gasteiger partial charge < -0.3 is 4.42 Å². The molecular formula is C10H11N3O2S2. The molecule has 0 saturated carbocycles. The molecule has 0 saturated heterocycles. The second kappa shape index (κ2) is 5.35. The van der Waals surface area contributed by atoms with Gasteiger partial charge in [0.25, 0.3) is 0 Å². The number of hydrogen-bond acceptors (Lipinski definition) is 6. The molecule has 0 aromatic carbocycles. The first kappa shape index (κ1) is 12.2. The number of aromatic nitrogens is 1. The highest BCUT2D eigenvalue weighted by Gasteiger charge is 2.13. The molecule has 0 radical (unpaired) electrons. The molecule has 2 rings (SSSR count). The van der Waals surface area contributed by atoms with Crippen LogP contribution in [0.1, 0.15) is 21.9 Å². The first-order chi connectivity index (χ1) is 8.20. The summed E-state index contributed by atoms with van der Waals surface area (Å²) in [6, 6.07) is 1.71. The summed E-state index contributed by atoms with van der Waals surface area (Å²) in [6.45, 7) is 1.82. The summed E-state index contributed by atoms with van der Waals surface area (Å²) < 4.78 is 6.31. The van der Waals surface area contributed by atoms with E-state index in [9.17, 15) is 4.79 Å². The Hall–Kier alpha value is -1.31. The number of nitrogen functional groups attached to an aromatic ring is 1. The quantitative estimate of drug-likeness (QED) is 0.384. The number of thioether (sulfide) groups is 1. The molecule has 5 nitrogen and oxygen atoms in total. The van der Waals surface area contributed by atoms with Crippen molar-refractivity contribution in [2.75, 3.05) is 0 Å². The van der Waals surface area contributed by atoms with Crippen LogP contribution in [0.5, 0.6) is 0 Å². The van der Waals surface area contributed by atoms with Crippen LogP contribution in [0.2, 0.25) is 0 Å². The van der Waals surface area contributed by atoms with Crippen LogP contribution in [0.15, 0.2) is 26.4 Å². The Bertz CT molecular complexity index is 508. The maximum atomic E-state index is 11.3. The van der Waals surface area contributed by atoms with E-state index < -0.39 is 5.91 Å². The van der Waals surface area contributed by atoms with Crippen LogP contribution < -0.4 is 11.3 Å². The minimum Gasteiger partial charge on any atom is -0.456 e. The van der Waals surface area contributed by atoms with Crippen molar-refractivity contribution < 1.29 is 9.21 Å². The van der Waals surface area contributed by atoms with E-state index in [0.29, 0.717) is 0 Å². The molecule has 0 aliphatic heterocycles. The molecule has 0 aliphatic carbocycles. The van der Waals surface area contributed by atoms with Gasteiger partial charge in [-0.2, -0.15) is 0 Å². The Labute approximate surface area is 106 Å². The van der Waals surface area contributed by atoms with E-state index in [1.54, 1.807) is 35.4 Å². The van der Waals surface area contributed by atoms with Gasteiger partial charge in [-0.25, -0.2) is 10.8 Å². The monoisotopic (exact) mass is 269 g/mol. The van der Waals surface area contributed by atoms with Gasteiger partial charge in [-0.3, -0.25) is 10.2 Å².